The molecule has 3 nitrogen and oxygen atoms in total. The Morgan fingerprint density at radius 3 is 2.40 bits per heavy atom. The Morgan fingerprint density at radius 1 is 1.27 bits per heavy atom. The van der Waals surface area contributed by atoms with Crippen LogP contribution in [-0.2, 0) is 4.79 Å². The summed E-state index contributed by atoms with van der Waals surface area (Å²) < 4.78 is 0. The number of benzene rings is 1. The molecule has 2 N–H and O–H groups in total. The van der Waals surface area contributed by atoms with Gasteiger partial charge in [0.1, 0.15) is 0 Å². The van der Waals surface area contributed by atoms with Crippen molar-refractivity contribution in [2.24, 2.45) is 0 Å². The molecule has 0 aliphatic heterocycles. The minimum Gasteiger partial charge on any atom is -0.512 e. The molecule has 1 rings (SSSR count). The number of rotatable bonds is 4. The Kier molecular flexibility index (Phi) is 3.68. The van der Waals surface area contributed by atoms with Gasteiger partial charge in [0, 0.05) is 12.0 Å². The number of aliphatic hydroxyl groups excluding tert-OH is 1. The Labute approximate surface area is 88.0 Å². The van der Waals surface area contributed by atoms with Crippen LogP contribution in [0.15, 0.2) is 48.2 Å². The molecule has 0 aliphatic carbocycles. The molecule has 15 heavy (non-hydrogen) atoms. The van der Waals surface area contributed by atoms with Gasteiger partial charge in [-0.1, -0.05) is 36.9 Å². The molecule has 0 amide bonds. The van der Waals surface area contributed by atoms with E-state index in [1.54, 1.807) is 0 Å². The number of hydrogen-bond acceptors (Lipinski definition) is 2. The summed E-state index contributed by atoms with van der Waals surface area (Å²) >= 11 is 0. The van der Waals surface area contributed by atoms with Crippen LogP contribution in [0.4, 0.5) is 0 Å². The van der Waals surface area contributed by atoms with E-state index in [0.717, 1.165) is 5.56 Å². The first-order valence-electron chi connectivity index (χ1n) is 4.45. The van der Waals surface area contributed by atoms with Crippen molar-refractivity contribution in [3.05, 3.63) is 53.8 Å². The van der Waals surface area contributed by atoms with Crippen molar-refractivity contribution >= 4 is 12.0 Å². The molecule has 0 aromatic heterocycles. The summed E-state index contributed by atoms with van der Waals surface area (Å²) in [4.78, 5) is 10.4. The molecule has 1 aromatic rings. The van der Waals surface area contributed by atoms with E-state index < -0.39 is 5.97 Å². The van der Waals surface area contributed by atoms with Crippen molar-refractivity contribution in [3.8, 4) is 0 Å². The summed E-state index contributed by atoms with van der Waals surface area (Å²) in [7, 11) is 0. The molecule has 1 aromatic carbocycles. The highest BCUT2D eigenvalue weighted by molar-refractivity contribution is 5.86. The summed E-state index contributed by atoms with van der Waals surface area (Å²) in [6, 6.07) is 9.18. The number of carboxylic acids is 1. The molecule has 78 valence electrons. The number of aliphatic carboxylic acids is 1. The maximum atomic E-state index is 10.4. The second-order valence-corrected chi connectivity index (χ2v) is 3.13. The molecule has 0 unspecified atom stereocenters. The van der Waals surface area contributed by atoms with Gasteiger partial charge in [-0.15, -0.1) is 0 Å². The second-order valence-electron chi connectivity index (χ2n) is 3.13. The van der Waals surface area contributed by atoms with E-state index in [4.69, 9.17) is 5.11 Å². The Hall–Kier alpha value is -2.03. The van der Waals surface area contributed by atoms with Crippen LogP contribution in [0, 0.1) is 0 Å². The molecular formula is C12H12O3. The zero-order chi connectivity index (χ0) is 11.3. The third-order valence-corrected chi connectivity index (χ3v) is 1.83. The topological polar surface area (TPSA) is 57.5 Å². The number of aliphatic hydroxyl groups is 1. The Balaban J connectivity index is 2.69. The first kappa shape index (κ1) is 11.0. The van der Waals surface area contributed by atoms with E-state index in [2.05, 4.69) is 6.58 Å². The van der Waals surface area contributed by atoms with Gasteiger partial charge >= 0.3 is 5.97 Å². The summed E-state index contributed by atoms with van der Waals surface area (Å²) in [6.45, 7) is 3.34. The normalized spacial score (nSPS) is 11.1. The van der Waals surface area contributed by atoms with E-state index in [1.807, 2.05) is 30.3 Å². The third-order valence-electron chi connectivity index (χ3n) is 1.83. The fraction of sp³-hybridized carbons (Fsp3) is 0.0833. The zero-order valence-electron chi connectivity index (χ0n) is 8.18. The van der Waals surface area contributed by atoms with Crippen molar-refractivity contribution in [3.63, 3.8) is 0 Å². The van der Waals surface area contributed by atoms with Crippen LogP contribution in [-0.4, -0.2) is 16.2 Å². The van der Waals surface area contributed by atoms with Crippen molar-refractivity contribution in [1.82, 2.24) is 0 Å². The van der Waals surface area contributed by atoms with Crippen molar-refractivity contribution < 1.29 is 15.0 Å². The van der Waals surface area contributed by atoms with Crippen LogP contribution < -0.4 is 0 Å². The highest BCUT2D eigenvalue weighted by atomic mass is 16.4. The molecule has 0 aliphatic rings. The fourth-order valence-electron chi connectivity index (χ4n) is 1.09. The standard InChI is InChI=1S/C12H12O3/c1-9(12(14)15)7-11(13)8-10-5-3-2-4-6-10/h2-6,8,13H,1,7H2,(H,14,15). The zero-order valence-corrected chi connectivity index (χ0v) is 8.18. The number of hydrogen-bond donors (Lipinski definition) is 2. The second kappa shape index (κ2) is 5.00. The number of carboxylic acid groups (broad SMARTS) is 1. The van der Waals surface area contributed by atoms with E-state index in [0.29, 0.717) is 0 Å². The van der Waals surface area contributed by atoms with Gasteiger partial charge in [-0.3, -0.25) is 0 Å². The predicted molar refractivity (Wildman–Crippen MR) is 58.4 cm³/mol. The monoisotopic (exact) mass is 204 g/mol. The number of carbonyl (C=O) groups is 1. The van der Waals surface area contributed by atoms with Crippen LogP contribution in [0.5, 0.6) is 0 Å². The Bertz CT molecular complexity index is 391. The molecule has 0 fully saturated rings. The van der Waals surface area contributed by atoms with Gasteiger partial charge in [0.05, 0.1) is 5.76 Å². The van der Waals surface area contributed by atoms with Gasteiger partial charge in [0.2, 0.25) is 0 Å². The van der Waals surface area contributed by atoms with Crippen LogP contribution in [0.1, 0.15) is 12.0 Å². The lowest BCUT2D eigenvalue weighted by Crippen LogP contribution is -1.99. The lowest BCUT2D eigenvalue weighted by Gasteiger charge is -2.00. The van der Waals surface area contributed by atoms with E-state index in [-0.39, 0.29) is 17.8 Å². The minimum atomic E-state index is -1.09. The minimum absolute atomic E-state index is 0.00593. The van der Waals surface area contributed by atoms with E-state index >= 15 is 0 Å². The lowest BCUT2D eigenvalue weighted by atomic mass is 10.1. The average molecular weight is 204 g/mol. The van der Waals surface area contributed by atoms with Crippen LogP contribution in [0.25, 0.3) is 6.08 Å². The third kappa shape index (κ3) is 3.68. The smallest absolute Gasteiger partial charge is 0.331 e. The summed E-state index contributed by atoms with van der Waals surface area (Å²) in [6.07, 6.45) is 1.48. The van der Waals surface area contributed by atoms with Gasteiger partial charge in [-0.2, -0.15) is 0 Å². The van der Waals surface area contributed by atoms with E-state index in [9.17, 15) is 9.90 Å². The molecule has 0 heterocycles. The summed E-state index contributed by atoms with van der Waals surface area (Å²) in [5.41, 5.74) is 0.799. The van der Waals surface area contributed by atoms with Gasteiger partial charge in [-0.25, -0.2) is 4.79 Å². The van der Waals surface area contributed by atoms with Crippen molar-refractivity contribution in [2.75, 3.05) is 0 Å². The maximum Gasteiger partial charge on any atom is 0.331 e. The molecule has 0 saturated heterocycles. The average Bonchev–Trinajstić information content (AvgIpc) is 2.18. The highest BCUT2D eigenvalue weighted by Crippen LogP contribution is 2.11. The molecule has 0 spiro atoms. The lowest BCUT2D eigenvalue weighted by molar-refractivity contribution is -0.132. The summed E-state index contributed by atoms with van der Waals surface area (Å²) in [5.74, 6) is -1.10. The van der Waals surface area contributed by atoms with Crippen LogP contribution in [0.2, 0.25) is 0 Å². The van der Waals surface area contributed by atoms with Crippen molar-refractivity contribution in [2.45, 2.75) is 6.42 Å². The SMILES string of the molecule is C=C(CC(O)=Cc1ccccc1)C(=O)O. The first-order chi connectivity index (χ1) is 7.09. The molecule has 0 saturated carbocycles. The maximum absolute atomic E-state index is 10.4. The Morgan fingerprint density at radius 2 is 1.87 bits per heavy atom. The highest BCUT2D eigenvalue weighted by Gasteiger charge is 2.05. The summed E-state index contributed by atoms with van der Waals surface area (Å²) in [5, 5.41) is 18.0. The number of allylic oxidation sites excluding steroid dienone is 1. The van der Waals surface area contributed by atoms with Gasteiger partial charge in [0.25, 0.3) is 0 Å². The van der Waals surface area contributed by atoms with E-state index in [1.165, 1.54) is 6.08 Å². The first-order valence-corrected chi connectivity index (χ1v) is 4.45. The molecule has 3 heteroatoms. The molecular weight excluding hydrogens is 192 g/mol. The predicted octanol–water partition coefficient (Wildman–Crippen LogP) is 2.62. The van der Waals surface area contributed by atoms with Gasteiger partial charge < -0.3 is 10.2 Å². The van der Waals surface area contributed by atoms with Crippen LogP contribution >= 0.6 is 0 Å². The van der Waals surface area contributed by atoms with Crippen molar-refractivity contribution in [1.29, 1.82) is 0 Å². The van der Waals surface area contributed by atoms with Gasteiger partial charge in [-0.05, 0) is 11.6 Å². The van der Waals surface area contributed by atoms with Crippen LogP contribution in [0.3, 0.4) is 0 Å². The van der Waals surface area contributed by atoms with Gasteiger partial charge in [0.15, 0.2) is 0 Å². The molecule has 0 radical (unpaired) electrons. The fourth-order valence-corrected chi connectivity index (χ4v) is 1.09. The molecule has 0 bridgehead atoms. The quantitative estimate of drug-likeness (QED) is 0.585. The largest absolute Gasteiger partial charge is 0.512 e. The molecule has 0 atom stereocenters.